The van der Waals surface area contributed by atoms with Gasteiger partial charge >= 0.3 is 0 Å². The highest BCUT2D eigenvalue weighted by Crippen LogP contribution is 2.17. The first kappa shape index (κ1) is 13.0. The minimum atomic E-state index is 0.0364. The first-order valence-corrected chi connectivity index (χ1v) is 6.12. The number of benzene rings is 1. The fourth-order valence-electron chi connectivity index (χ4n) is 1.66. The van der Waals surface area contributed by atoms with Gasteiger partial charge in [-0.3, -0.25) is 4.79 Å². The molecule has 0 aliphatic heterocycles. The molecule has 88 valence electrons. The molecule has 0 spiro atoms. The Balaban J connectivity index is 2.85. The molecule has 0 aliphatic carbocycles. The first-order valence-electron chi connectivity index (χ1n) is 5.74. The molecule has 0 aromatic heterocycles. The highest BCUT2D eigenvalue weighted by Gasteiger charge is 2.16. The third-order valence-corrected chi connectivity index (χ3v) is 2.71. The second-order valence-corrected chi connectivity index (χ2v) is 4.18. The molecule has 3 heteroatoms. The van der Waals surface area contributed by atoms with Crippen molar-refractivity contribution in [2.24, 2.45) is 0 Å². The number of rotatable bonds is 5. The number of hydrogen-bond donors (Lipinski definition) is 0. The molecule has 0 heterocycles. The quantitative estimate of drug-likeness (QED) is 0.769. The van der Waals surface area contributed by atoms with Gasteiger partial charge in [0.2, 0.25) is 0 Å². The maximum atomic E-state index is 12.2. The fourth-order valence-corrected chi connectivity index (χ4v) is 1.88. The molecule has 0 saturated heterocycles. The van der Waals surface area contributed by atoms with Crippen molar-refractivity contribution in [2.75, 3.05) is 13.1 Å². The normalized spacial score (nSPS) is 10.2. The number of hydrogen-bond acceptors (Lipinski definition) is 1. The van der Waals surface area contributed by atoms with Gasteiger partial charge in [-0.25, -0.2) is 0 Å². The van der Waals surface area contributed by atoms with Crippen molar-refractivity contribution >= 4 is 17.5 Å². The first-order chi connectivity index (χ1) is 7.70. The standard InChI is InChI=1S/C13H18ClNO/c1-3-9-15(10-4-2)13(16)11-7-5-6-8-12(11)14/h5-8H,3-4,9-10H2,1-2H3. The fraction of sp³-hybridized carbons (Fsp3) is 0.462. The van der Waals surface area contributed by atoms with Gasteiger partial charge in [0, 0.05) is 13.1 Å². The van der Waals surface area contributed by atoms with Crippen LogP contribution in [0.2, 0.25) is 5.02 Å². The Bertz CT molecular complexity index is 346. The van der Waals surface area contributed by atoms with Crippen LogP contribution in [0.5, 0.6) is 0 Å². The van der Waals surface area contributed by atoms with Gasteiger partial charge in [-0.1, -0.05) is 37.6 Å². The summed E-state index contributed by atoms with van der Waals surface area (Å²) in [7, 11) is 0. The minimum absolute atomic E-state index is 0.0364. The molecule has 0 radical (unpaired) electrons. The van der Waals surface area contributed by atoms with Crippen molar-refractivity contribution in [3.63, 3.8) is 0 Å². The van der Waals surface area contributed by atoms with Gasteiger partial charge in [-0.15, -0.1) is 0 Å². The van der Waals surface area contributed by atoms with Gasteiger partial charge in [0.05, 0.1) is 10.6 Å². The zero-order valence-corrected chi connectivity index (χ0v) is 10.6. The van der Waals surface area contributed by atoms with E-state index < -0.39 is 0 Å². The van der Waals surface area contributed by atoms with Gasteiger partial charge in [0.15, 0.2) is 0 Å². The summed E-state index contributed by atoms with van der Waals surface area (Å²) in [4.78, 5) is 14.0. The van der Waals surface area contributed by atoms with Crippen molar-refractivity contribution in [3.8, 4) is 0 Å². The van der Waals surface area contributed by atoms with E-state index in [9.17, 15) is 4.79 Å². The van der Waals surface area contributed by atoms with E-state index in [2.05, 4.69) is 13.8 Å². The Kier molecular flexibility index (Phi) is 5.33. The van der Waals surface area contributed by atoms with Crippen molar-refractivity contribution in [3.05, 3.63) is 34.9 Å². The van der Waals surface area contributed by atoms with Crippen LogP contribution in [-0.2, 0) is 0 Å². The summed E-state index contributed by atoms with van der Waals surface area (Å²) >= 11 is 6.02. The second kappa shape index (κ2) is 6.54. The van der Waals surface area contributed by atoms with Crippen molar-refractivity contribution in [1.82, 2.24) is 4.90 Å². The van der Waals surface area contributed by atoms with E-state index in [1.54, 1.807) is 12.1 Å². The van der Waals surface area contributed by atoms with Crippen molar-refractivity contribution in [1.29, 1.82) is 0 Å². The van der Waals surface area contributed by atoms with Gasteiger partial charge in [-0.2, -0.15) is 0 Å². The Morgan fingerprint density at radius 2 is 1.75 bits per heavy atom. The van der Waals surface area contributed by atoms with Crippen LogP contribution in [0.25, 0.3) is 0 Å². The third kappa shape index (κ3) is 3.24. The van der Waals surface area contributed by atoms with Crippen molar-refractivity contribution in [2.45, 2.75) is 26.7 Å². The minimum Gasteiger partial charge on any atom is -0.339 e. The predicted octanol–water partition coefficient (Wildman–Crippen LogP) is 3.60. The molecular weight excluding hydrogens is 222 g/mol. The zero-order valence-electron chi connectivity index (χ0n) is 9.87. The molecule has 0 saturated carbocycles. The molecule has 0 aliphatic rings. The molecule has 0 fully saturated rings. The summed E-state index contributed by atoms with van der Waals surface area (Å²) in [6, 6.07) is 7.21. The second-order valence-electron chi connectivity index (χ2n) is 3.77. The number of carbonyl (C=O) groups excluding carboxylic acids is 1. The predicted molar refractivity (Wildman–Crippen MR) is 67.9 cm³/mol. The van der Waals surface area contributed by atoms with E-state index in [1.807, 2.05) is 17.0 Å². The van der Waals surface area contributed by atoms with E-state index in [-0.39, 0.29) is 5.91 Å². The molecule has 1 aromatic carbocycles. The summed E-state index contributed by atoms with van der Waals surface area (Å²) < 4.78 is 0. The van der Waals surface area contributed by atoms with Gasteiger partial charge in [0.1, 0.15) is 0 Å². The molecule has 1 amide bonds. The highest BCUT2D eigenvalue weighted by atomic mass is 35.5. The molecule has 0 N–H and O–H groups in total. The van der Waals surface area contributed by atoms with E-state index in [1.165, 1.54) is 0 Å². The molecule has 2 nitrogen and oxygen atoms in total. The monoisotopic (exact) mass is 239 g/mol. The Hall–Kier alpha value is -1.02. The molecule has 0 atom stereocenters. The molecule has 1 rings (SSSR count). The molecular formula is C13H18ClNO. The summed E-state index contributed by atoms with van der Waals surface area (Å²) in [5, 5.41) is 0.532. The third-order valence-electron chi connectivity index (χ3n) is 2.38. The summed E-state index contributed by atoms with van der Waals surface area (Å²) in [5.41, 5.74) is 0.603. The summed E-state index contributed by atoms with van der Waals surface area (Å²) in [6.07, 6.45) is 1.94. The smallest absolute Gasteiger partial charge is 0.255 e. The van der Waals surface area contributed by atoms with Crippen LogP contribution in [0, 0.1) is 0 Å². The Morgan fingerprint density at radius 3 is 2.25 bits per heavy atom. The summed E-state index contributed by atoms with van der Waals surface area (Å²) in [6.45, 7) is 5.72. The SMILES string of the molecule is CCCN(CCC)C(=O)c1ccccc1Cl. The molecule has 0 unspecified atom stereocenters. The number of nitrogens with zero attached hydrogens (tertiary/aromatic N) is 1. The van der Waals surface area contributed by atoms with Gasteiger partial charge in [-0.05, 0) is 25.0 Å². The lowest BCUT2D eigenvalue weighted by molar-refractivity contribution is 0.0756. The molecule has 0 bridgehead atoms. The van der Waals surface area contributed by atoms with Crippen LogP contribution in [0.15, 0.2) is 24.3 Å². The van der Waals surface area contributed by atoms with Crippen LogP contribution in [0.3, 0.4) is 0 Å². The zero-order chi connectivity index (χ0) is 12.0. The molecule has 16 heavy (non-hydrogen) atoms. The Labute approximate surface area is 102 Å². The average Bonchev–Trinajstić information content (AvgIpc) is 2.28. The van der Waals surface area contributed by atoms with Crippen LogP contribution < -0.4 is 0 Å². The lowest BCUT2D eigenvalue weighted by Crippen LogP contribution is -2.32. The maximum Gasteiger partial charge on any atom is 0.255 e. The van der Waals surface area contributed by atoms with Crippen LogP contribution in [-0.4, -0.2) is 23.9 Å². The topological polar surface area (TPSA) is 20.3 Å². The number of carbonyl (C=O) groups is 1. The number of amides is 1. The van der Waals surface area contributed by atoms with Gasteiger partial charge in [0.25, 0.3) is 5.91 Å². The summed E-state index contributed by atoms with van der Waals surface area (Å²) in [5.74, 6) is 0.0364. The lowest BCUT2D eigenvalue weighted by Gasteiger charge is -2.21. The van der Waals surface area contributed by atoms with E-state index in [0.29, 0.717) is 10.6 Å². The Morgan fingerprint density at radius 1 is 1.19 bits per heavy atom. The molecule has 1 aromatic rings. The lowest BCUT2D eigenvalue weighted by atomic mass is 10.2. The van der Waals surface area contributed by atoms with Crippen LogP contribution >= 0.6 is 11.6 Å². The number of halogens is 1. The van der Waals surface area contributed by atoms with E-state index >= 15 is 0 Å². The van der Waals surface area contributed by atoms with Crippen LogP contribution in [0.4, 0.5) is 0 Å². The van der Waals surface area contributed by atoms with Crippen molar-refractivity contribution < 1.29 is 4.79 Å². The van der Waals surface area contributed by atoms with E-state index in [0.717, 1.165) is 25.9 Å². The van der Waals surface area contributed by atoms with E-state index in [4.69, 9.17) is 11.6 Å². The average molecular weight is 240 g/mol. The largest absolute Gasteiger partial charge is 0.339 e. The maximum absolute atomic E-state index is 12.2. The highest BCUT2D eigenvalue weighted by molar-refractivity contribution is 6.33. The van der Waals surface area contributed by atoms with Crippen LogP contribution in [0.1, 0.15) is 37.0 Å². The van der Waals surface area contributed by atoms with Gasteiger partial charge < -0.3 is 4.90 Å².